The van der Waals surface area contributed by atoms with Crippen LogP contribution in [0.3, 0.4) is 0 Å². The Labute approximate surface area is 154 Å². The molecule has 0 aromatic heterocycles. The molecule has 0 aliphatic carbocycles. The van der Waals surface area contributed by atoms with E-state index in [-0.39, 0.29) is 16.3 Å². The van der Waals surface area contributed by atoms with Crippen LogP contribution in [0.2, 0.25) is 5.02 Å². The first kappa shape index (κ1) is 18.8. The van der Waals surface area contributed by atoms with Crippen molar-refractivity contribution in [2.75, 3.05) is 18.4 Å². The van der Waals surface area contributed by atoms with E-state index >= 15 is 0 Å². The summed E-state index contributed by atoms with van der Waals surface area (Å²) in [6.07, 6.45) is 1.41. The van der Waals surface area contributed by atoms with E-state index < -0.39 is 32.5 Å². The smallest absolute Gasteiger partial charge is 0.255 e. The Balaban J connectivity index is 1.90. The topological polar surface area (TPSA) is 66.5 Å². The summed E-state index contributed by atoms with van der Waals surface area (Å²) in [5, 5.41) is 2.49. The van der Waals surface area contributed by atoms with Crippen LogP contribution >= 0.6 is 11.6 Å². The first-order valence-electron chi connectivity index (χ1n) is 7.85. The average molecular weight is 401 g/mol. The van der Waals surface area contributed by atoms with Gasteiger partial charge in [0.1, 0.15) is 16.5 Å². The summed E-state index contributed by atoms with van der Waals surface area (Å²) in [4.78, 5) is 11.8. The molecule has 1 fully saturated rings. The number of hydrogen-bond acceptors (Lipinski definition) is 3. The van der Waals surface area contributed by atoms with Crippen LogP contribution in [0.25, 0.3) is 0 Å². The van der Waals surface area contributed by atoms with Crippen molar-refractivity contribution in [2.24, 2.45) is 0 Å². The number of halogens is 3. The van der Waals surface area contributed by atoms with Gasteiger partial charge < -0.3 is 5.32 Å². The van der Waals surface area contributed by atoms with Gasteiger partial charge in [0.25, 0.3) is 5.91 Å². The molecule has 2 aromatic rings. The van der Waals surface area contributed by atoms with Gasteiger partial charge in [-0.15, -0.1) is 0 Å². The second-order valence-corrected chi connectivity index (χ2v) is 8.18. The van der Waals surface area contributed by atoms with Crippen molar-refractivity contribution in [1.29, 1.82) is 0 Å². The molecule has 0 bridgehead atoms. The normalized spacial score (nSPS) is 15.2. The number of nitrogens with one attached hydrogen (secondary N) is 1. The molecule has 0 radical (unpaired) electrons. The van der Waals surface area contributed by atoms with E-state index in [1.165, 1.54) is 16.4 Å². The summed E-state index contributed by atoms with van der Waals surface area (Å²) in [6.45, 7) is 0.627. The highest BCUT2D eigenvalue weighted by atomic mass is 35.5. The summed E-state index contributed by atoms with van der Waals surface area (Å²) in [5.74, 6) is -2.44. The predicted molar refractivity (Wildman–Crippen MR) is 93.8 cm³/mol. The summed E-state index contributed by atoms with van der Waals surface area (Å²) in [6, 6.07) is 6.73. The van der Waals surface area contributed by atoms with Gasteiger partial charge in [0.05, 0.1) is 5.69 Å². The Morgan fingerprint density at radius 2 is 1.73 bits per heavy atom. The van der Waals surface area contributed by atoms with Crippen molar-refractivity contribution in [3.63, 3.8) is 0 Å². The second kappa shape index (κ2) is 7.30. The fourth-order valence-corrected chi connectivity index (χ4v) is 4.46. The fraction of sp³-hybridized carbons (Fsp3) is 0.235. The highest BCUT2D eigenvalue weighted by molar-refractivity contribution is 7.89. The first-order valence-corrected chi connectivity index (χ1v) is 9.67. The molecule has 1 amide bonds. The molecule has 3 rings (SSSR count). The van der Waals surface area contributed by atoms with E-state index in [9.17, 15) is 22.0 Å². The largest absolute Gasteiger partial charge is 0.319 e. The SMILES string of the molecule is O=C(Nc1ccc(Cl)cc1F)c1ccc(F)c(S(=O)(=O)N2CCCC2)c1. The van der Waals surface area contributed by atoms with Crippen LogP contribution in [-0.2, 0) is 10.0 Å². The van der Waals surface area contributed by atoms with Gasteiger partial charge in [-0.05, 0) is 49.2 Å². The standard InChI is InChI=1S/C17H15ClF2N2O3S/c18-12-4-6-15(14(20)10-12)21-17(23)11-3-5-13(19)16(9-11)26(24,25)22-7-1-2-8-22/h3-6,9-10H,1-2,7-8H2,(H,21,23). The molecular weight excluding hydrogens is 386 g/mol. The van der Waals surface area contributed by atoms with Gasteiger partial charge in [0.2, 0.25) is 10.0 Å². The fourth-order valence-electron chi connectivity index (χ4n) is 2.70. The maximum atomic E-state index is 14.1. The van der Waals surface area contributed by atoms with Crippen molar-refractivity contribution in [3.8, 4) is 0 Å². The molecule has 1 N–H and O–H groups in total. The molecule has 1 saturated heterocycles. The van der Waals surface area contributed by atoms with Crippen LogP contribution in [0.5, 0.6) is 0 Å². The van der Waals surface area contributed by atoms with Crippen LogP contribution in [0.4, 0.5) is 14.5 Å². The van der Waals surface area contributed by atoms with Crippen molar-refractivity contribution >= 4 is 33.2 Å². The Morgan fingerprint density at radius 1 is 1.04 bits per heavy atom. The summed E-state index contributed by atoms with van der Waals surface area (Å²) in [7, 11) is -4.03. The van der Waals surface area contributed by atoms with E-state index in [0.717, 1.165) is 24.3 Å². The Hall–Kier alpha value is -2.03. The third-order valence-corrected chi connectivity index (χ3v) is 6.20. The van der Waals surface area contributed by atoms with Crippen molar-refractivity contribution in [1.82, 2.24) is 4.31 Å². The molecule has 1 heterocycles. The van der Waals surface area contributed by atoms with Gasteiger partial charge in [-0.3, -0.25) is 4.79 Å². The highest BCUT2D eigenvalue weighted by Crippen LogP contribution is 2.25. The van der Waals surface area contributed by atoms with Gasteiger partial charge in [-0.2, -0.15) is 4.31 Å². The Bertz CT molecular complexity index is 960. The number of nitrogens with zero attached hydrogens (tertiary/aromatic N) is 1. The van der Waals surface area contributed by atoms with Crippen molar-refractivity contribution in [3.05, 3.63) is 58.6 Å². The molecule has 26 heavy (non-hydrogen) atoms. The molecule has 0 unspecified atom stereocenters. The molecule has 9 heteroatoms. The van der Waals surface area contributed by atoms with Crippen molar-refractivity contribution in [2.45, 2.75) is 17.7 Å². The lowest BCUT2D eigenvalue weighted by Crippen LogP contribution is -2.29. The Kier molecular flexibility index (Phi) is 5.27. The Morgan fingerprint density at radius 3 is 2.38 bits per heavy atom. The lowest BCUT2D eigenvalue weighted by atomic mass is 10.2. The number of carbonyl (C=O) groups is 1. The minimum atomic E-state index is -4.03. The maximum absolute atomic E-state index is 14.1. The van der Waals surface area contributed by atoms with Gasteiger partial charge in [0.15, 0.2) is 0 Å². The number of carbonyl (C=O) groups excluding carboxylic acids is 1. The number of amides is 1. The molecule has 5 nitrogen and oxygen atoms in total. The summed E-state index contributed by atoms with van der Waals surface area (Å²) in [5.41, 5.74) is -0.216. The third-order valence-electron chi connectivity index (χ3n) is 4.06. The predicted octanol–water partition coefficient (Wildman–Crippen LogP) is 3.66. The molecule has 138 valence electrons. The van der Waals surface area contributed by atoms with Gasteiger partial charge in [-0.1, -0.05) is 11.6 Å². The van der Waals surface area contributed by atoms with E-state index in [4.69, 9.17) is 11.6 Å². The number of hydrogen-bond donors (Lipinski definition) is 1. The zero-order valence-electron chi connectivity index (χ0n) is 13.5. The van der Waals surface area contributed by atoms with Gasteiger partial charge in [0, 0.05) is 23.7 Å². The van der Waals surface area contributed by atoms with E-state index in [1.807, 2.05) is 0 Å². The number of anilines is 1. The van der Waals surface area contributed by atoms with Crippen LogP contribution in [0, 0.1) is 11.6 Å². The van der Waals surface area contributed by atoms with E-state index in [0.29, 0.717) is 25.9 Å². The zero-order valence-corrected chi connectivity index (χ0v) is 15.1. The maximum Gasteiger partial charge on any atom is 0.255 e. The van der Waals surface area contributed by atoms with Crippen LogP contribution in [-0.4, -0.2) is 31.7 Å². The van der Waals surface area contributed by atoms with E-state index in [1.54, 1.807) is 0 Å². The quantitative estimate of drug-likeness (QED) is 0.851. The molecule has 2 aromatic carbocycles. The minimum Gasteiger partial charge on any atom is -0.319 e. The number of sulfonamides is 1. The molecule has 1 aliphatic heterocycles. The highest BCUT2D eigenvalue weighted by Gasteiger charge is 2.30. The van der Waals surface area contributed by atoms with Crippen LogP contribution in [0.1, 0.15) is 23.2 Å². The van der Waals surface area contributed by atoms with Crippen LogP contribution < -0.4 is 5.32 Å². The summed E-state index contributed by atoms with van der Waals surface area (Å²) >= 11 is 5.66. The molecule has 1 aliphatic rings. The molecule has 0 atom stereocenters. The average Bonchev–Trinajstić information content (AvgIpc) is 3.13. The monoisotopic (exact) mass is 400 g/mol. The van der Waals surface area contributed by atoms with Gasteiger partial charge >= 0.3 is 0 Å². The number of rotatable bonds is 4. The lowest BCUT2D eigenvalue weighted by molar-refractivity contribution is 0.102. The lowest BCUT2D eigenvalue weighted by Gasteiger charge is -2.16. The summed E-state index contributed by atoms with van der Waals surface area (Å²) < 4.78 is 54.2. The third kappa shape index (κ3) is 3.72. The van der Waals surface area contributed by atoms with Crippen molar-refractivity contribution < 1.29 is 22.0 Å². The second-order valence-electron chi connectivity index (χ2n) is 5.83. The zero-order chi connectivity index (χ0) is 18.9. The molecule has 0 saturated carbocycles. The van der Waals surface area contributed by atoms with Crippen LogP contribution in [0.15, 0.2) is 41.3 Å². The minimum absolute atomic E-state index is 0.0986. The number of benzene rings is 2. The molecule has 0 spiro atoms. The van der Waals surface area contributed by atoms with E-state index in [2.05, 4.69) is 5.32 Å². The molecular formula is C17H15ClF2N2O3S. The first-order chi connectivity index (χ1) is 12.3. The van der Waals surface area contributed by atoms with Gasteiger partial charge in [-0.25, -0.2) is 17.2 Å².